The van der Waals surface area contributed by atoms with Gasteiger partial charge in [0.2, 0.25) is 0 Å². The van der Waals surface area contributed by atoms with Crippen LogP contribution in [0.4, 0.5) is 0 Å². The largest absolute Gasteiger partial charge is 0.515 e. The van der Waals surface area contributed by atoms with Gasteiger partial charge in [0.1, 0.15) is 0 Å². The third-order valence-corrected chi connectivity index (χ3v) is 2.91. The number of benzene rings is 2. The topological polar surface area (TPSA) is 46.5 Å². The molecule has 0 radical (unpaired) electrons. The van der Waals surface area contributed by atoms with Crippen molar-refractivity contribution in [1.29, 1.82) is 0 Å². The lowest BCUT2D eigenvalue weighted by molar-refractivity contribution is -0.136. The number of hydrogen-bond acceptors (Lipinski definition) is 3. The first-order valence-electron chi connectivity index (χ1n) is 6.44. The normalized spacial score (nSPS) is 12.9. The monoisotopic (exact) mass is 268 g/mol. The van der Waals surface area contributed by atoms with Crippen molar-refractivity contribution in [3.8, 4) is 0 Å². The third-order valence-electron chi connectivity index (χ3n) is 2.91. The highest BCUT2D eigenvalue weighted by Crippen LogP contribution is 2.12. The standard InChI is InChI=1S/C17H16O3/c1-2-20-17(19)16(13-8-4-3-5-9-13)15-11-7-6-10-14(15)12-18/h3-12,18H,2H2,1H3. The maximum atomic E-state index is 12.3. The number of aliphatic hydroxyl groups excluding tert-OH is 1. The molecule has 1 N–H and O–H groups in total. The van der Waals surface area contributed by atoms with Gasteiger partial charge in [-0.25, -0.2) is 4.79 Å². The summed E-state index contributed by atoms with van der Waals surface area (Å²) in [6.07, 6.45) is 0.998. The Bertz CT molecular complexity index is 703. The van der Waals surface area contributed by atoms with E-state index in [1.807, 2.05) is 36.4 Å². The molecular formula is C17H16O3. The van der Waals surface area contributed by atoms with Gasteiger partial charge in [0, 0.05) is 5.22 Å². The van der Waals surface area contributed by atoms with Crippen LogP contribution in [0.5, 0.6) is 0 Å². The molecule has 0 saturated heterocycles. The summed E-state index contributed by atoms with van der Waals surface area (Å²) in [6, 6.07) is 16.5. The minimum atomic E-state index is -0.395. The third kappa shape index (κ3) is 2.88. The van der Waals surface area contributed by atoms with Gasteiger partial charge in [0.05, 0.1) is 18.4 Å². The number of hydrogen-bond donors (Lipinski definition) is 1. The summed E-state index contributed by atoms with van der Waals surface area (Å²) in [5, 5.41) is 10.6. The second kappa shape index (κ2) is 6.57. The van der Waals surface area contributed by atoms with Crippen LogP contribution in [-0.2, 0) is 9.53 Å². The number of carbonyl (C=O) groups is 1. The summed E-state index contributed by atoms with van der Waals surface area (Å²) < 4.78 is 5.14. The highest BCUT2D eigenvalue weighted by Gasteiger charge is 2.14. The van der Waals surface area contributed by atoms with Crippen LogP contribution in [0.2, 0.25) is 0 Å². The van der Waals surface area contributed by atoms with Crippen molar-refractivity contribution in [2.24, 2.45) is 0 Å². The average molecular weight is 268 g/mol. The molecule has 0 fully saturated rings. The van der Waals surface area contributed by atoms with Crippen LogP contribution in [0.15, 0.2) is 54.6 Å². The Kier molecular flexibility index (Phi) is 4.56. The molecule has 0 aliphatic heterocycles. The summed E-state index contributed by atoms with van der Waals surface area (Å²) in [6.45, 7) is 2.07. The minimum absolute atomic E-state index is 0.306. The highest BCUT2D eigenvalue weighted by atomic mass is 16.5. The Morgan fingerprint density at radius 3 is 2.40 bits per heavy atom. The molecular weight excluding hydrogens is 252 g/mol. The second-order valence-electron chi connectivity index (χ2n) is 4.18. The zero-order valence-corrected chi connectivity index (χ0v) is 11.2. The van der Waals surface area contributed by atoms with Gasteiger partial charge in [0.15, 0.2) is 0 Å². The summed E-state index contributed by atoms with van der Waals surface area (Å²) in [4.78, 5) is 12.3. The molecule has 20 heavy (non-hydrogen) atoms. The fourth-order valence-corrected chi connectivity index (χ4v) is 2.03. The lowest BCUT2D eigenvalue weighted by atomic mass is 10.0. The first-order valence-corrected chi connectivity index (χ1v) is 6.44. The van der Waals surface area contributed by atoms with Crippen molar-refractivity contribution in [1.82, 2.24) is 0 Å². The van der Waals surface area contributed by atoms with Crippen LogP contribution in [0.3, 0.4) is 0 Å². The molecule has 0 aliphatic rings. The van der Waals surface area contributed by atoms with Gasteiger partial charge in [-0.05, 0) is 17.7 Å². The van der Waals surface area contributed by atoms with Gasteiger partial charge < -0.3 is 9.84 Å². The Balaban J connectivity index is 2.80. The van der Waals surface area contributed by atoms with Crippen LogP contribution >= 0.6 is 0 Å². The number of rotatable bonds is 3. The zero-order valence-electron chi connectivity index (χ0n) is 11.2. The quantitative estimate of drug-likeness (QED) is 0.863. The van der Waals surface area contributed by atoms with Crippen molar-refractivity contribution in [3.05, 3.63) is 70.6 Å². The Morgan fingerprint density at radius 2 is 1.75 bits per heavy atom. The summed E-state index contributed by atoms with van der Waals surface area (Å²) >= 11 is 0. The molecule has 0 unspecified atom stereocenters. The minimum Gasteiger partial charge on any atom is -0.515 e. The van der Waals surface area contributed by atoms with E-state index in [0.29, 0.717) is 22.6 Å². The predicted octanol–water partition coefficient (Wildman–Crippen LogP) is 1.74. The maximum absolute atomic E-state index is 12.3. The van der Waals surface area contributed by atoms with E-state index in [9.17, 15) is 9.90 Å². The molecule has 0 aliphatic carbocycles. The van der Waals surface area contributed by atoms with Crippen molar-refractivity contribution in [2.45, 2.75) is 6.92 Å². The number of esters is 1. The fourth-order valence-electron chi connectivity index (χ4n) is 2.03. The first kappa shape index (κ1) is 13.9. The van der Waals surface area contributed by atoms with E-state index in [2.05, 4.69) is 0 Å². The van der Waals surface area contributed by atoms with E-state index in [-0.39, 0.29) is 0 Å². The Hall–Kier alpha value is -2.55. The Labute approximate surface area is 117 Å². The van der Waals surface area contributed by atoms with Crippen molar-refractivity contribution >= 4 is 17.8 Å². The van der Waals surface area contributed by atoms with Gasteiger partial charge in [-0.15, -0.1) is 0 Å². The van der Waals surface area contributed by atoms with Gasteiger partial charge in [-0.2, -0.15) is 0 Å². The number of aliphatic hydroxyl groups is 1. The van der Waals surface area contributed by atoms with Crippen molar-refractivity contribution < 1.29 is 14.6 Å². The predicted molar refractivity (Wildman–Crippen MR) is 78.4 cm³/mol. The molecule has 0 spiro atoms. The van der Waals surface area contributed by atoms with Gasteiger partial charge in [-0.1, -0.05) is 54.6 Å². The number of ether oxygens (including phenoxy) is 1. The molecule has 2 aromatic carbocycles. The fraction of sp³-hybridized carbons (Fsp3) is 0.118. The van der Waals surface area contributed by atoms with E-state index < -0.39 is 5.97 Å². The van der Waals surface area contributed by atoms with Crippen molar-refractivity contribution in [3.63, 3.8) is 0 Å². The van der Waals surface area contributed by atoms with Crippen LogP contribution in [0.1, 0.15) is 12.5 Å². The van der Waals surface area contributed by atoms with E-state index in [0.717, 1.165) is 11.8 Å². The summed E-state index contributed by atoms with van der Waals surface area (Å²) in [7, 11) is 0. The first-order chi connectivity index (χ1) is 9.77. The molecule has 0 heterocycles. The van der Waals surface area contributed by atoms with Gasteiger partial charge >= 0.3 is 5.97 Å². The van der Waals surface area contributed by atoms with E-state index in [4.69, 9.17) is 4.74 Å². The average Bonchev–Trinajstić information content (AvgIpc) is 2.49. The summed E-state index contributed by atoms with van der Waals surface area (Å²) in [5.74, 6) is -0.395. The van der Waals surface area contributed by atoms with Crippen LogP contribution in [0.25, 0.3) is 11.8 Å². The molecule has 2 aromatic rings. The van der Waals surface area contributed by atoms with E-state index in [1.54, 1.807) is 25.1 Å². The Morgan fingerprint density at radius 1 is 1.10 bits per heavy atom. The zero-order chi connectivity index (χ0) is 14.4. The van der Waals surface area contributed by atoms with Crippen molar-refractivity contribution in [2.75, 3.05) is 6.61 Å². The SMILES string of the molecule is CCOC(=O)C(c1ccccc1)=c1ccccc1=CO. The molecule has 3 nitrogen and oxygen atoms in total. The molecule has 0 amide bonds. The molecule has 2 rings (SSSR count). The second-order valence-corrected chi connectivity index (χ2v) is 4.18. The molecule has 0 aromatic heterocycles. The number of carbonyl (C=O) groups excluding carboxylic acids is 1. The molecule has 0 bridgehead atoms. The van der Waals surface area contributed by atoms with Crippen LogP contribution < -0.4 is 10.4 Å². The highest BCUT2D eigenvalue weighted by molar-refractivity contribution is 6.16. The van der Waals surface area contributed by atoms with E-state index in [1.165, 1.54) is 0 Å². The van der Waals surface area contributed by atoms with Crippen LogP contribution in [-0.4, -0.2) is 17.7 Å². The smallest absolute Gasteiger partial charge is 0.339 e. The van der Waals surface area contributed by atoms with E-state index >= 15 is 0 Å². The molecule has 3 heteroatoms. The van der Waals surface area contributed by atoms with Crippen LogP contribution in [0, 0.1) is 0 Å². The molecule has 0 atom stereocenters. The van der Waals surface area contributed by atoms with Gasteiger partial charge in [-0.3, -0.25) is 0 Å². The lowest BCUT2D eigenvalue weighted by Gasteiger charge is -2.07. The lowest BCUT2D eigenvalue weighted by Crippen LogP contribution is -2.30. The maximum Gasteiger partial charge on any atom is 0.339 e. The molecule has 0 saturated carbocycles. The molecule has 102 valence electrons. The summed E-state index contributed by atoms with van der Waals surface area (Å²) in [5.41, 5.74) is 1.22. The van der Waals surface area contributed by atoms with Gasteiger partial charge in [0.25, 0.3) is 0 Å².